The summed E-state index contributed by atoms with van der Waals surface area (Å²) in [5.74, 6) is 1.26. The van der Waals surface area contributed by atoms with E-state index < -0.39 is 0 Å². The summed E-state index contributed by atoms with van der Waals surface area (Å²) in [4.78, 5) is 28.0. The lowest BCUT2D eigenvalue weighted by Gasteiger charge is -2.34. The Hall–Kier alpha value is -2.81. The van der Waals surface area contributed by atoms with E-state index in [2.05, 4.69) is 25.4 Å². The molecular weight excluding hydrogens is 320 g/mol. The van der Waals surface area contributed by atoms with Crippen LogP contribution in [0.5, 0.6) is 0 Å². The minimum Gasteiger partial charge on any atom is -0.336 e. The number of aryl methyl sites for hydroxylation is 3. The van der Waals surface area contributed by atoms with Crippen molar-refractivity contribution in [1.29, 1.82) is 0 Å². The topological polar surface area (TPSA) is 93.2 Å². The molecule has 0 aliphatic carbocycles. The fourth-order valence-corrected chi connectivity index (χ4v) is 3.26. The van der Waals surface area contributed by atoms with E-state index in [1.54, 1.807) is 15.6 Å². The molecule has 1 atom stereocenters. The van der Waals surface area contributed by atoms with E-state index >= 15 is 0 Å². The third-order valence-corrected chi connectivity index (χ3v) is 4.47. The van der Waals surface area contributed by atoms with Gasteiger partial charge in [0.2, 0.25) is 5.82 Å². The lowest BCUT2D eigenvalue weighted by molar-refractivity contribution is 0.0608. The van der Waals surface area contributed by atoms with Crippen molar-refractivity contribution in [3.63, 3.8) is 0 Å². The lowest BCUT2D eigenvalue weighted by Crippen LogP contribution is -2.49. The zero-order valence-corrected chi connectivity index (χ0v) is 14.5. The summed E-state index contributed by atoms with van der Waals surface area (Å²) >= 11 is 0. The number of amides is 1. The Morgan fingerprint density at radius 2 is 2.16 bits per heavy atom. The Balaban J connectivity index is 1.71. The summed E-state index contributed by atoms with van der Waals surface area (Å²) in [6, 6.07) is 1.76. The van der Waals surface area contributed by atoms with E-state index in [0.717, 1.165) is 23.8 Å². The number of fused-ring (bicyclic) bond motifs is 1. The molecule has 1 fully saturated rings. The van der Waals surface area contributed by atoms with Crippen molar-refractivity contribution in [1.82, 2.24) is 39.3 Å². The second-order valence-electron chi connectivity index (χ2n) is 6.30. The Morgan fingerprint density at radius 3 is 2.92 bits per heavy atom. The van der Waals surface area contributed by atoms with Crippen LogP contribution in [0.2, 0.25) is 0 Å². The van der Waals surface area contributed by atoms with E-state index in [1.165, 1.54) is 0 Å². The van der Waals surface area contributed by atoms with Crippen molar-refractivity contribution in [2.24, 2.45) is 7.05 Å². The molecule has 4 heterocycles. The van der Waals surface area contributed by atoms with Gasteiger partial charge in [0.25, 0.3) is 11.7 Å². The highest BCUT2D eigenvalue weighted by Gasteiger charge is 2.33. The number of piperazine rings is 1. The summed E-state index contributed by atoms with van der Waals surface area (Å²) in [6.07, 6.45) is 3.62. The summed E-state index contributed by atoms with van der Waals surface area (Å²) in [7, 11) is 1.93. The molecule has 130 valence electrons. The van der Waals surface area contributed by atoms with Gasteiger partial charge < -0.3 is 14.8 Å². The van der Waals surface area contributed by atoms with E-state index in [4.69, 9.17) is 0 Å². The van der Waals surface area contributed by atoms with Gasteiger partial charge in [-0.3, -0.25) is 4.79 Å². The van der Waals surface area contributed by atoms with Crippen LogP contribution in [-0.4, -0.2) is 59.6 Å². The first-order valence-electron chi connectivity index (χ1n) is 8.24. The molecule has 0 aromatic carbocycles. The van der Waals surface area contributed by atoms with Gasteiger partial charge in [-0.25, -0.2) is 14.5 Å². The summed E-state index contributed by atoms with van der Waals surface area (Å²) in [5.41, 5.74) is 1.75. The first-order valence-corrected chi connectivity index (χ1v) is 8.24. The molecular formula is C16H20N8O. The Bertz CT molecular complexity index is 943. The van der Waals surface area contributed by atoms with E-state index in [1.807, 2.05) is 37.7 Å². The number of carbonyl (C=O) groups excluding carboxylic acids is 1. The minimum absolute atomic E-state index is 0.149. The van der Waals surface area contributed by atoms with Crippen LogP contribution in [0, 0.1) is 13.8 Å². The molecule has 1 unspecified atom stereocenters. The maximum atomic E-state index is 13.1. The molecule has 1 amide bonds. The van der Waals surface area contributed by atoms with Gasteiger partial charge in [0, 0.05) is 50.5 Å². The zero-order valence-electron chi connectivity index (χ0n) is 14.5. The van der Waals surface area contributed by atoms with Gasteiger partial charge >= 0.3 is 0 Å². The quantitative estimate of drug-likeness (QED) is 0.719. The summed E-state index contributed by atoms with van der Waals surface area (Å²) in [6.45, 7) is 5.79. The Labute approximate surface area is 144 Å². The average Bonchev–Trinajstić information content (AvgIpc) is 3.20. The molecule has 1 aliphatic rings. The molecule has 1 saturated heterocycles. The van der Waals surface area contributed by atoms with E-state index in [9.17, 15) is 4.79 Å². The number of aromatic nitrogens is 6. The molecule has 9 heteroatoms. The van der Waals surface area contributed by atoms with Crippen LogP contribution in [0.3, 0.4) is 0 Å². The highest BCUT2D eigenvalue weighted by atomic mass is 16.2. The maximum absolute atomic E-state index is 13.1. The van der Waals surface area contributed by atoms with Gasteiger partial charge in [-0.15, -0.1) is 5.10 Å². The minimum atomic E-state index is -0.197. The van der Waals surface area contributed by atoms with Crippen LogP contribution >= 0.6 is 0 Å². The van der Waals surface area contributed by atoms with Crippen LogP contribution < -0.4 is 5.32 Å². The molecule has 0 bridgehead atoms. The first kappa shape index (κ1) is 15.7. The number of hydrogen-bond donors (Lipinski definition) is 1. The van der Waals surface area contributed by atoms with Gasteiger partial charge in [0.1, 0.15) is 11.9 Å². The van der Waals surface area contributed by atoms with Gasteiger partial charge in [0.15, 0.2) is 0 Å². The molecule has 1 N–H and O–H groups in total. The second kappa shape index (κ2) is 5.92. The van der Waals surface area contributed by atoms with Crippen LogP contribution in [0.25, 0.3) is 5.78 Å². The highest BCUT2D eigenvalue weighted by molar-refractivity contribution is 5.91. The zero-order chi connectivity index (χ0) is 17.6. The van der Waals surface area contributed by atoms with Gasteiger partial charge in [-0.05, 0) is 19.9 Å². The molecule has 25 heavy (non-hydrogen) atoms. The number of rotatable bonds is 2. The Kier molecular flexibility index (Phi) is 3.72. The smallest absolute Gasteiger partial charge is 0.294 e. The van der Waals surface area contributed by atoms with Crippen molar-refractivity contribution in [3.8, 4) is 0 Å². The second-order valence-corrected chi connectivity index (χ2v) is 6.30. The van der Waals surface area contributed by atoms with E-state index in [-0.39, 0.29) is 17.8 Å². The SMILES string of the molecule is Cc1cc(C)n2nc(C(=O)N3CCNCC3c3nccn3C)nc2n1. The van der Waals surface area contributed by atoms with Crippen molar-refractivity contribution in [2.45, 2.75) is 19.9 Å². The third kappa shape index (κ3) is 2.66. The maximum Gasteiger partial charge on any atom is 0.294 e. The standard InChI is InChI=1S/C16H20N8O/c1-10-8-11(2)24-16(19-10)20-13(21-24)15(25)23-7-4-17-9-12(23)14-18-5-6-22(14)3/h5-6,8,12,17H,4,7,9H2,1-3H3. The number of nitrogens with zero attached hydrogens (tertiary/aromatic N) is 7. The van der Waals surface area contributed by atoms with Crippen molar-refractivity contribution < 1.29 is 4.79 Å². The average molecular weight is 340 g/mol. The molecule has 4 rings (SSSR count). The van der Waals surface area contributed by atoms with Crippen LogP contribution in [0.15, 0.2) is 18.5 Å². The number of hydrogen-bond acceptors (Lipinski definition) is 6. The first-order chi connectivity index (χ1) is 12.0. The van der Waals surface area contributed by atoms with Crippen LogP contribution in [0.1, 0.15) is 33.9 Å². The normalized spacial score (nSPS) is 18.0. The number of imidazole rings is 1. The Morgan fingerprint density at radius 1 is 1.32 bits per heavy atom. The summed E-state index contributed by atoms with van der Waals surface area (Å²) < 4.78 is 3.54. The van der Waals surface area contributed by atoms with Crippen LogP contribution in [0.4, 0.5) is 0 Å². The highest BCUT2D eigenvalue weighted by Crippen LogP contribution is 2.22. The van der Waals surface area contributed by atoms with Crippen LogP contribution in [-0.2, 0) is 7.05 Å². The molecule has 9 nitrogen and oxygen atoms in total. The fourth-order valence-electron chi connectivity index (χ4n) is 3.26. The van der Waals surface area contributed by atoms with Gasteiger partial charge in [0.05, 0.1) is 0 Å². The van der Waals surface area contributed by atoms with Crippen molar-refractivity contribution in [2.75, 3.05) is 19.6 Å². The number of carbonyl (C=O) groups is 1. The molecule has 1 aliphatic heterocycles. The van der Waals surface area contributed by atoms with Gasteiger partial charge in [-0.2, -0.15) is 4.98 Å². The predicted molar refractivity (Wildman–Crippen MR) is 90.1 cm³/mol. The third-order valence-electron chi connectivity index (χ3n) is 4.47. The molecule has 0 spiro atoms. The summed E-state index contributed by atoms with van der Waals surface area (Å²) in [5, 5.41) is 7.70. The molecule has 0 radical (unpaired) electrons. The van der Waals surface area contributed by atoms with E-state index in [0.29, 0.717) is 18.9 Å². The fraction of sp³-hybridized carbons (Fsp3) is 0.438. The number of nitrogens with one attached hydrogen (secondary N) is 1. The molecule has 3 aromatic heterocycles. The monoisotopic (exact) mass is 340 g/mol. The predicted octanol–water partition coefficient (Wildman–Crippen LogP) is 0.261. The molecule has 0 saturated carbocycles. The van der Waals surface area contributed by atoms with Gasteiger partial charge in [-0.1, -0.05) is 0 Å². The lowest BCUT2D eigenvalue weighted by atomic mass is 10.1. The molecule has 3 aromatic rings. The van der Waals surface area contributed by atoms with Crippen molar-refractivity contribution in [3.05, 3.63) is 41.5 Å². The van der Waals surface area contributed by atoms with Crippen molar-refractivity contribution >= 4 is 11.7 Å². The largest absolute Gasteiger partial charge is 0.336 e.